The molecule has 0 radical (unpaired) electrons. The lowest BCUT2D eigenvalue weighted by Crippen LogP contribution is -2.31. The Morgan fingerprint density at radius 2 is 1.58 bits per heavy atom. The SMILES string of the molecule is CN1C(=O)N(c2cc(Cl)cc(Cl)c2)C(=O)/C1=C\c1ccc(Br)cc1. The molecule has 0 saturated carbocycles. The molecule has 0 atom stereocenters. The fourth-order valence-corrected chi connectivity index (χ4v) is 3.15. The maximum absolute atomic E-state index is 12.7. The summed E-state index contributed by atoms with van der Waals surface area (Å²) in [5.41, 5.74) is 1.43. The molecule has 0 spiro atoms. The van der Waals surface area contributed by atoms with Crippen molar-refractivity contribution in [3.05, 3.63) is 68.2 Å². The zero-order chi connectivity index (χ0) is 17.4. The molecular weight excluding hydrogens is 415 g/mol. The first kappa shape index (κ1) is 17.0. The monoisotopic (exact) mass is 424 g/mol. The zero-order valence-corrected chi connectivity index (χ0v) is 15.6. The molecule has 2 aromatic carbocycles. The van der Waals surface area contributed by atoms with Gasteiger partial charge in [-0.1, -0.05) is 51.3 Å². The number of hydrogen-bond acceptors (Lipinski definition) is 2. The summed E-state index contributed by atoms with van der Waals surface area (Å²) in [6.07, 6.45) is 1.67. The Morgan fingerprint density at radius 1 is 1.00 bits per heavy atom. The van der Waals surface area contributed by atoms with Crippen LogP contribution < -0.4 is 4.90 Å². The van der Waals surface area contributed by atoms with Gasteiger partial charge in [-0.05, 0) is 42.0 Å². The smallest absolute Gasteiger partial charge is 0.292 e. The summed E-state index contributed by atoms with van der Waals surface area (Å²) in [6.45, 7) is 0. The number of likely N-dealkylation sites (N-methyl/N-ethyl adjacent to an activating group) is 1. The second kappa shape index (κ2) is 6.59. The number of anilines is 1. The molecule has 0 unspecified atom stereocenters. The molecule has 1 heterocycles. The lowest BCUT2D eigenvalue weighted by molar-refractivity contribution is -0.114. The fraction of sp³-hybridized carbons (Fsp3) is 0.0588. The van der Waals surface area contributed by atoms with E-state index in [1.54, 1.807) is 19.2 Å². The maximum atomic E-state index is 12.7. The van der Waals surface area contributed by atoms with Crippen LogP contribution in [0.2, 0.25) is 10.0 Å². The van der Waals surface area contributed by atoms with E-state index in [0.717, 1.165) is 14.9 Å². The summed E-state index contributed by atoms with van der Waals surface area (Å²) < 4.78 is 0.932. The van der Waals surface area contributed by atoms with E-state index in [1.165, 1.54) is 17.0 Å². The van der Waals surface area contributed by atoms with Crippen molar-refractivity contribution in [2.45, 2.75) is 0 Å². The van der Waals surface area contributed by atoms with Crippen molar-refractivity contribution in [1.29, 1.82) is 0 Å². The number of rotatable bonds is 2. The number of imide groups is 1. The molecule has 0 N–H and O–H groups in total. The third-order valence-corrected chi connectivity index (χ3v) is 4.51. The van der Waals surface area contributed by atoms with Gasteiger partial charge in [-0.3, -0.25) is 9.69 Å². The molecule has 0 aliphatic carbocycles. The van der Waals surface area contributed by atoms with Gasteiger partial charge in [0.25, 0.3) is 5.91 Å². The van der Waals surface area contributed by atoms with Crippen LogP contribution in [-0.2, 0) is 4.79 Å². The average molecular weight is 426 g/mol. The van der Waals surface area contributed by atoms with Crippen LogP contribution in [0.5, 0.6) is 0 Å². The Balaban J connectivity index is 2.01. The lowest BCUT2D eigenvalue weighted by atomic mass is 10.2. The van der Waals surface area contributed by atoms with Crippen molar-refractivity contribution < 1.29 is 9.59 Å². The summed E-state index contributed by atoms with van der Waals surface area (Å²) in [4.78, 5) is 27.6. The van der Waals surface area contributed by atoms with Crippen molar-refractivity contribution in [3.8, 4) is 0 Å². The minimum atomic E-state index is -0.457. The van der Waals surface area contributed by atoms with Crippen LogP contribution in [0.1, 0.15) is 5.56 Å². The highest BCUT2D eigenvalue weighted by Gasteiger charge is 2.40. The first-order valence-electron chi connectivity index (χ1n) is 6.92. The first-order valence-corrected chi connectivity index (χ1v) is 8.47. The van der Waals surface area contributed by atoms with Crippen LogP contribution in [0, 0.1) is 0 Å². The van der Waals surface area contributed by atoms with Crippen molar-refractivity contribution >= 4 is 62.8 Å². The van der Waals surface area contributed by atoms with Gasteiger partial charge in [-0.2, -0.15) is 0 Å². The summed E-state index contributed by atoms with van der Waals surface area (Å²) in [7, 11) is 1.55. The van der Waals surface area contributed by atoms with E-state index in [2.05, 4.69) is 15.9 Å². The first-order chi connectivity index (χ1) is 11.4. The molecule has 3 amide bonds. The second-order valence-corrected chi connectivity index (χ2v) is 6.98. The number of nitrogens with zero attached hydrogens (tertiary/aromatic N) is 2. The van der Waals surface area contributed by atoms with E-state index in [4.69, 9.17) is 23.2 Å². The molecule has 7 heteroatoms. The zero-order valence-electron chi connectivity index (χ0n) is 12.5. The van der Waals surface area contributed by atoms with Crippen LogP contribution in [0.3, 0.4) is 0 Å². The van der Waals surface area contributed by atoms with Gasteiger partial charge >= 0.3 is 6.03 Å². The van der Waals surface area contributed by atoms with E-state index in [1.807, 2.05) is 24.3 Å². The summed E-state index contributed by atoms with van der Waals surface area (Å²) >= 11 is 15.3. The van der Waals surface area contributed by atoms with E-state index < -0.39 is 11.9 Å². The summed E-state index contributed by atoms with van der Waals surface area (Å²) in [5.74, 6) is -0.427. The van der Waals surface area contributed by atoms with Crippen LogP contribution in [0.4, 0.5) is 10.5 Å². The van der Waals surface area contributed by atoms with E-state index >= 15 is 0 Å². The van der Waals surface area contributed by atoms with E-state index in [-0.39, 0.29) is 5.70 Å². The standard InChI is InChI=1S/C17H11BrCl2N2O2/c1-21-15(6-10-2-4-11(18)5-3-10)16(23)22(17(21)24)14-8-12(19)7-13(20)9-14/h2-9H,1H3/b15-6+. The number of amides is 3. The van der Waals surface area contributed by atoms with Gasteiger partial charge in [0.15, 0.2) is 0 Å². The molecule has 3 rings (SSSR count). The largest absolute Gasteiger partial charge is 0.336 e. The summed E-state index contributed by atoms with van der Waals surface area (Å²) in [6, 6.07) is 11.6. The minimum Gasteiger partial charge on any atom is -0.292 e. The van der Waals surface area contributed by atoms with Crippen LogP contribution in [0.25, 0.3) is 6.08 Å². The molecule has 1 aliphatic heterocycles. The van der Waals surface area contributed by atoms with Gasteiger partial charge in [0.05, 0.1) is 5.69 Å². The van der Waals surface area contributed by atoms with Crippen molar-refractivity contribution in [2.24, 2.45) is 0 Å². The van der Waals surface area contributed by atoms with Crippen molar-refractivity contribution in [1.82, 2.24) is 4.90 Å². The average Bonchev–Trinajstić information content (AvgIpc) is 2.72. The highest BCUT2D eigenvalue weighted by Crippen LogP contribution is 2.31. The number of carbonyl (C=O) groups is 2. The number of carbonyl (C=O) groups excluding carboxylic acids is 2. The van der Waals surface area contributed by atoms with E-state index in [0.29, 0.717) is 15.7 Å². The van der Waals surface area contributed by atoms with Gasteiger partial charge in [0, 0.05) is 21.6 Å². The fourth-order valence-electron chi connectivity index (χ4n) is 2.37. The van der Waals surface area contributed by atoms with Gasteiger partial charge in [-0.15, -0.1) is 0 Å². The maximum Gasteiger partial charge on any atom is 0.336 e. The summed E-state index contributed by atoms with van der Waals surface area (Å²) in [5, 5.41) is 0.706. The van der Waals surface area contributed by atoms with Crippen LogP contribution in [-0.4, -0.2) is 23.9 Å². The molecular formula is C17H11BrCl2N2O2. The number of halogens is 3. The van der Waals surface area contributed by atoms with Gasteiger partial charge in [-0.25, -0.2) is 9.69 Å². The Hall–Kier alpha value is -1.82. The molecule has 4 nitrogen and oxygen atoms in total. The molecule has 0 aromatic heterocycles. The molecule has 1 aliphatic rings. The van der Waals surface area contributed by atoms with Crippen LogP contribution in [0.15, 0.2) is 52.6 Å². The molecule has 1 fully saturated rings. The number of benzene rings is 2. The normalized spacial score (nSPS) is 16.4. The predicted molar refractivity (Wildman–Crippen MR) is 99.2 cm³/mol. The Kier molecular flexibility index (Phi) is 4.67. The third-order valence-electron chi connectivity index (χ3n) is 3.54. The molecule has 1 saturated heterocycles. The second-order valence-electron chi connectivity index (χ2n) is 5.19. The van der Waals surface area contributed by atoms with Crippen LogP contribution >= 0.6 is 39.1 Å². The Morgan fingerprint density at radius 3 is 2.17 bits per heavy atom. The minimum absolute atomic E-state index is 0.276. The van der Waals surface area contributed by atoms with Gasteiger partial charge in [0.2, 0.25) is 0 Å². The van der Waals surface area contributed by atoms with Crippen molar-refractivity contribution in [3.63, 3.8) is 0 Å². The molecule has 122 valence electrons. The molecule has 2 aromatic rings. The van der Waals surface area contributed by atoms with Gasteiger partial charge in [0.1, 0.15) is 5.70 Å². The lowest BCUT2D eigenvalue weighted by Gasteiger charge is -2.14. The van der Waals surface area contributed by atoms with Gasteiger partial charge < -0.3 is 0 Å². The molecule has 24 heavy (non-hydrogen) atoms. The highest BCUT2D eigenvalue weighted by atomic mass is 79.9. The number of urea groups is 1. The van der Waals surface area contributed by atoms with E-state index in [9.17, 15) is 9.59 Å². The Bertz CT molecular complexity index is 845. The van der Waals surface area contributed by atoms with Crippen molar-refractivity contribution in [2.75, 3.05) is 11.9 Å². The molecule has 0 bridgehead atoms. The predicted octanol–water partition coefficient (Wildman–Crippen LogP) is 5.20. The third kappa shape index (κ3) is 3.20. The topological polar surface area (TPSA) is 40.6 Å². The highest BCUT2D eigenvalue weighted by molar-refractivity contribution is 9.10. The number of hydrogen-bond donors (Lipinski definition) is 0. The quantitative estimate of drug-likeness (QED) is 0.490. The Labute approximate surface area is 157 Å².